The Labute approximate surface area is 168 Å². The van der Waals surface area contributed by atoms with Crippen LogP contribution in [0.4, 0.5) is 0 Å². The molecule has 0 amide bonds. The fourth-order valence-electron chi connectivity index (χ4n) is 2.67. The second-order valence-corrected chi connectivity index (χ2v) is 6.55. The van der Waals surface area contributed by atoms with Crippen molar-refractivity contribution >= 4 is 31.1 Å². The molecule has 0 radical (unpaired) electrons. The van der Waals surface area contributed by atoms with E-state index in [2.05, 4.69) is 46.1 Å². The second kappa shape index (κ2) is 8.79. The summed E-state index contributed by atoms with van der Waals surface area (Å²) in [5.74, 6) is 1.56. The molecule has 0 saturated carbocycles. The Morgan fingerprint density at radius 2 is 2.00 bits per heavy atom. The Morgan fingerprint density at radius 1 is 1.22 bits per heavy atom. The summed E-state index contributed by atoms with van der Waals surface area (Å²) in [5.41, 5.74) is 1.71. The van der Waals surface area contributed by atoms with Gasteiger partial charge in [0.25, 0.3) is 0 Å². The molecule has 0 aliphatic rings. The van der Waals surface area contributed by atoms with Gasteiger partial charge in [-0.1, -0.05) is 42.5 Å². The van der Waals surface area contributed by atoms with Gasteiger partial charge in [-0.2, -0.15) is 14.9 Å². The zero-order chi connectivity index (χ0) is 19.2. The van der Waals surface area contributed by atoms with Gasteiger partial charge in [0, 0.05) is 18.5 Å². The van der Waals surface area contributed by atoms with Gasteiger partial charge in [-0.15, -0.1) is 25.8 Å². The number of hydrogen-bond acceptors (Lipinski definition) is 5. The van der Waals surface area contributed by atoms with E-state index < -0.39 is 0 Å². The van der Waals surface area contributed by atoms with Crippen LogP contribution in [-0.2, 0) is 13.0 Å². The first-order valence-electron chi connectivity index (χ1n) is 8.43. The van der Waals surface area contributed by atoms with E-state index in [1.807, 2.05) is 47.1 Å². The Morgan fingerprint density at radius 3 is 2.70 bits per heavy atom. The molecule has 0 unspecified atom stereocenters. The Hall–Kier alpha value is -2.71. The maximum absolute atomic E-state index is 5.33. The van der Waals surface area contributed by atoms with Crippen LogP contribution in [0.15, 0.2) is 65.8 Å². The summed E-state index contributed by atoms with van der Waals surface area (Å²) in [4.78, 5) is 4.55. The van der Waals surface area contributed by atoms with Crippen molar-refractivity contribution in [3.8, 4) is 11.4 Å². The number of imidazole rings is 1. The van der Waals surface area contributed by atoms with Gasteiger partial charge in [-0.3, -0.25) is 0 Å². The maximum atomic E-state index is 5.33. The second-order valence-electron chi connectivity index (χ2n) is 5.74. The first-order valence-corrected chi connectivity index (χ1v) is 9.28. The summed E-state index contributed by atoms with van der Waals surface area (Å²) < 4.78 is 4.04. The molecule has 1 aromatic carbocycles. The molecule has 0 saturated heterocycles. The van der Waals surface area contributed by atoms with Crippen molar-refractivity contribution < 1.29 is 0 Å². The molecule has 0 aliphatic carbocycles. The van der Waals surface area contributed by atoms with Crippen LogP contribution in [0.3, 0.4) is 0 Å². The zero-order valence-corrected chi connectivity index (χ0v) is 16.5. The normalized spacial score (nSPS) is 11.1. The third kappa shape index (κ3) is 4.17. The molecule has 3 aromatic rings. The van der Waals surface area contributed by atoms with E-state index in [-0.39, 0.29) is 0 Å². The number of nitrogens with zero attached hydrogens (tertiary/aromatic N) is 5. The van der Waals surface area contributed by atoms with Gasteiger partial charge in [0.2, 0.25) is 4.77 Å². The standard InChI is InChI=1S/C19H20N6S2/c1-3-5-11-16-21-18(26)15(24(16)12-4-2)13-20-25-17(22-23-19(25)27)14-9-7-6-8-10-14/h3-4,6-10,13,26H,1-2,5,11-12H2,(H,23,27)/b20-13+. The third-order valence-electron chi connectivity index (χ3n) is 3.93. The number of aromatic amines is 1. The predicted octanol–water partition coefficient (Wildman–Crippen LogP) is 4.28. The fraction of sp³-hybridized carbons (Fsp3) is 0.158. The van der Waals surface area contributed by atoms with Gasteiger partial charge in [-0.05, 0) is 18.6 Å². The lowest BCUT2D eigenvalue weighted by molar-refractivity contribution is 0.726. The van der Waals surface area contributed by atoms with E-state index in [1.165, 1.54) is 0 Å². The number of thiol groups is 1. The molecular weight excluding hydrogens is 376 g/mol. The molecule has 2 heterocycles. The molecule has 3 rings (SSSR count). The minimum absolute atomic E-state index is 0.410. The summed E-state index contributed by atoms with van der Waals surface area (Å²) >= 11 is 9.84. The van der Waals surface area contributed by atoms with Gasteiger partial charge in [0.1, 0.15) is 10.9 Å². The topological polar surface area (TPSA) is 63.8 Å². The highest BCUT2D eigenvalue weighted by Gasteiger charge is 2.13. The number of aromatic nitrogens is 5. The minimum atomic E-state index is 0.410. The monoisotopic (exact) mass is 396 g/mol. The van der Waals surface area contributed by atoms with Crippen LogP contribution >= 0.6 is 24.8 Å². The number of aryl methyl sites for hydroxylation is 1. The highest BCUT2D eigenvalue weighted by atomic mass is 32.1. The van der Waals surface area contributed by atoms with Gasteiger partial charge < -0.3 is 4.57 Å². The lowest BCUT2D eigenvalue weighted by Gasteiger charge is -2.06. The van der Waals surface area contributed by atoms with Crippen molar-refractivity contribution in [2.24, 2.45) is 5.10 Å². The van der Waals surface area contributed by atoms with E-state index in [4.69, 9.17) is 12.2 Å². The summed E-state index contributed by atoms with van der Waals surface area (Å²) in [6.45, 7) is 8.22. The minimum Gasteiger partial charge on any atom is -0.322 e. The van der Waals surface area contributed by atoms with Crippen LogP contribution in [0.25, 0.3) is 11.4 Å². The summed E-state index contributed by atoms with van der Waals surface area (Å²) in [6.07, 6.45) is 7.01. The molecule has 138 valence electrons. The van der Waals surface area contributed by atoms with Crippen LogP contribution in [-0.4, -0.2) is 30.6 Å². The Balaban J connectivity index is 2.01. The largest absolute Gasteiger partial charge is 0.322 e. The summed E-state index contributed by atoms with van der Waals surface area (Å²) in [6, 6.07) is 9.74. The number of allylic oxidation sites excluding steroid dienone is 2. The number of rotatable bonds is 8. The van der Waals surface area contributed by atoms with Gasteiger partial charge in [0.05, 0.1) is 11.9 Å². The number of hydrogen-bond donors (Lipinski definition) is 2. The van der Waals surface area contributed by atoms with E-state index in [0.29, 0.717) is 22.2 Å². The first-order chi connectivity index (χ1) is 13.2. The average molecular weight is 397 g/mol. The van der Waals surface area contributed by atoms with Crippen LogP contribution in [0.1, 0.15) is 17.9 Å². The molecule has 6 nitrogen and oxygen atoms in total. The number of benzene rings is 1. The highest BCUT2D eigenvalue weighted by Crippen LogP contribution is 2.18. The molecule has 27 heavy (non-hydrogen) atoms. The van der Waals surface area contributed by atoms with E-state index in [9.17, 15) is 0 Å². The molecule has 0 aliphatic heterocycles. The summed E-state index contributed by atoms with van der Waals surface area (Å²) in [7, 11) is 0. The van der Waals surface area contributed by atoms with Crippen LogP contribution < -0.4 is 0 Å². The van der Waals surface area contributed by atoms with Crippen molar-refractivity contribution in [3.63, 3.8) is 0 Å². The molecule has 8 heteroatoms. The van der Waals surface area contributed by atoms with Crippen molar-refractivity contribution in [1.29, 1.82) is 0 Å². The molecule has 0 bridgehead atoms. The van der Waals surface area contributed by atoms with Crippen LogP contribution in [0.2, 0.25) is 0 Å². The molecular formula is C19H20N6S2. The fourth-order valence-corrected chi connectivity index (χ4v) is 3.14. The lowest BCUT2D eigenvalue weighted by atomic mass is 10.2. The average Bonchev–Trinajstić information content (AvgIpc) is 3.19. The van der Waals surface area contributed by atoms with Crippen molar-refractivity contribution in [3.05, 3.63) is 71.9 Å². The maximum Gasteiger partial charge on any atom is 0.216 e. The molecule has 0 atom stereocenters. The molecule has 0 fully saturated rings. The van der Waals surface area contributed by atoms with Gasteiger partial charge in [-0.25, -0.2) is 10.1 Å². The van der Waals surface area contributed by atoms with Crippen LogP contribution in [0.5, 0.6) is 0 Å². The number of nitrogens with one attached hydrogen (secondary N) is 1. The molecule has 1 N–H and O–H groups in total. The van der Waals surface area contributed by atoms with E-state index in [0.717, 1.165) is 29.9 Å². The smallest absolute Gasteiger partial charge is 0.216 e. The Bertz CT molecular complexity index is 1030. The van der Waals surface area contributed by atoms with Crippen molar-refractivity contribution in [2.45, 2.75) is 24.4 Å². The predicted molar refractivity (Wildman–Crippen MR) is 114 cm³/mol. The first kappa shape index (κ1) is 19.1. The Kier molecular flexibility index (Phi) is 6.20. The van der Waals surface area contributed by atoms with E-state index >= 15 is 0 Å². The SMILES string of the molecule is C=CCCc1nc(S)c(/C=N/n2c(-c3ccccc3)n[nH]c2=S)n1CC=C. The van der Waals surface area contributed by atoms with E-state index in [1.54, 1.807) is 10.9 Å². The molecule has 2 aromatic heterocycles. The zero-order valence-electron chi connectivity index (χ0n) is 14.7. The summed E-state index contributed by atoms with van der Waals surface area (Å²) in [5, 5.41) is 12.2. The van der Waals surface area contributed by atoms with Gasteiger partial charge in [0.15, 0.2) is 5.82 Å². The van der Waals surface area contributed by atoms with Crippen molar-refractivity contribution in [1.82, 2.24) is 24.4 Å². The highest BCUT2D eigenvalue weighted by molar-refractivity contribution is 7.80. The third-order valence-corrected chi connectivity index (χ3v) is 4.52. The van der Waals surface area contributed by atoms with Gasteiger partial charge >= 0.3 is 0 Å². The lowest BCUT2D eigenvalue weighted by Crippen LogP contribution is -2.07. The van der Waals surface area contributed by atoms with Crippen molar-refractivity contribution in [2.75, 3.05) is 0 Å². The van der Waals surface area contributed by atoms with Crippen LogP contribution in [0, 0.1) is 4.77 Å². The quantitative estimate of drug-likeness (QED) is 0.259. The molecule has 0 spiro atoms. The number of H-pyrrole nitrogens is 1.